The zero-order chi connectivity index (χ0) is 15.8. The maximum atomic E-state index is 11.8. The van der Waals surface area contributed by atoms with Gasteiger partial charge in [0.1, 0.15) is 18.1 Å². The molecule has 0 spiro atoms. The molecule has 0 aliphatic rings. The van der Waals surface area contributed by atoms with Gasteiger partial charge in [-0.05, 0) is 42.0 Å². The van der Waals surface area contributed by atoms with Crippen LogP contribution in [0.15, 0.2) is 53.6 Å². The van der Waals surface area contributed by atoms with Crippen LogP contribution in [0.3, 0.4) is 0 Å². The Bertz CT molecular complexity index is 653. The molecular weight excluding hydrogens is 284 g/mol. The molecule has 0 radical (unpaired) electrons. The van der Waals surface area contributed by atoms with E-state index in [4.69, 9.17) is 9.84 Å². The van der Waals surface area contributed by atoms with E-state index in [1.165, 1.54) is 18.3 Å². The van der Waals surface area contributed by atoms with Gasteiger partial charge < -0.3 is 14.9 Å². The summed E-state index contributed by atoms with van der Waals surface area (Å²) in [6.07, 6.45) is 1.48. The molecule has 2 aromatic rings. The SMILES string of the molecule is O=C(N/N=C/c1ccc(OCCO)cc1)c1ccccc1O. The Hall–Kier alpha value is -2.86. The first-order chi connectivity index (χ1) is 10.7. The minimum absolute atomic E-state index is 0.0401. The first kappa shape index (κ1) is 15.5. The van der Waals surface area contributed by atoms with Crippen molar-refractivity contribution in [1.82, 2.24) is 5.43 Å². The highest BCUT2D eigenvalue weighted by Gasteiger charge is 2.08. The van der Waals surface area contributed by atoms with Crippen LogP contribution in [0.25, 0.3) is 0 Å². The molecule has 2 rings (SSSR count). The smallest absolute Gasteiger partial charge is 0.275 e. The summed E-state index contributed by atoms with van der Waals surface area (Å²) in [5.41, 5.74) is 3.28. The van der Waals surface area contributed by atoms with E-state index in [1.807, 2.05) is 0 Å². The van der Waals surface area contributed by atoms with E-state index in [1.54, 1.807) is 36.4 Å². The number of aliphatic hydroxyl groups excluding tert-OH is 1. The second-order valence-corrected chi connectivity index (χ2v) is 4.36. The molecule has 0 saturated carbocycles. The van der Waals surface area contributed by atoms with Gasteiger partial charge in [0, 0.05) is 0 Å². The summed E-state index contributed by atoms with van der Waals surface area (Å²) < 4.78 is 5.23. The van der Waals surface area contributed by atoms with Crippen molar-refractivity contribution in [1.29, 1.82) is 0 Å². The second kappa shape index (κ2) is 7.80. The lowest BCUT2D eigenvalue weighted by atomic mass is 10.2. The van der Waals surface area contributed by atoms with Gasteiger partial charge in [-0.25, -0.2) is 5.43 Å². The van der Waals surface area contributed by atoms with Crippen LogP contribution in [0.5, 0.6) is 11.5 Å². The van der Waals surface area contributed by atoms with Crippen LogP contribution in [0.2, 0.25) is 0 Å². The summed E-state index contributed by atoms with van der Waals surface area (Å²) >= 11 is 0. The molecule has 1 amide bonds. The number of ether oxygens (including phenoxy) is 1. The minimum Gasteiger partial charge on any atom is -0.507 e. The normalized spacial score (nSPS) is 10.6. The van der Waals surface area contributed by atoms with Crippen molar-refractivity contribution in [2.24, 2.45) is 5.10 Å². The highest BCUT2D eigenvalue weighted by Crippen LogP contribution is 2.15. The van der Waals surface area contributed by atoms with Gasteiger partial charge in [-0.15, -0.1) is 0 Å². The lowest BCUT2D eigenvalue weighted by molar-refractivity contribution is 0.0952. The Labute approximate surface area is 127 Å². The van der Waals surface area contributed by atoms with E-state index >= 15 is 0 Å². The van der Waals surface area contributed by atoms with Gasteiger partial charge >= 0.3 is 0 Å². The number of nitrogens with zero attached hydrogens (tertiary/aromatic N) is 1. The van der Waals surface area contributed by atoms with Gasteiger partial charge in [0.25, 0.3) is 5.91 Å². The largest absolute Gasteiger partial charge is 0.507 e. The van der Waals surface area contributed by atoms with Crippen LogP contribution < -0.4 is 10.2 Å². The van der Waals surface area contributed by atoms with Gasteiger partial charge in [-0.2, -0.15) is 5.10 Å². The molecule has 0 bridgehead atoms. The van der Waals surface area contributed by atoms with Gasteiger partial charge in [0.15, 0.2) is 0 Å². The lowest BCUT2D eigenvalue weighted by Gasteiger charge is -2.04. The fourth-order valence-electron chi connectivity index (χ4n) is 1.70. The van der Waals surface area contributed by atoms with Gasteiger partial charge in [0.2, 0.25) is 0 Å². The monoisotopic (exact) mass is 300 g/mol. The molecule has 22 heavy (non-hydrogen) atoms. The summed E-state index contributed by atoms with van der Waals surface area (Å²) in [5, 5.41) is 22.0. The van der Waals surface area contributed by atoms with Crippen molar-refractivity contribution < 1.29 is 19.7 Å². The molecule has 0 heterocycles. The van der Waals surface area contributed by atoms with Crippen LogP contribution in [0.4, 0.5) is 0 Å². The molecule has 0 aliphatic carbocycles. The van der Waals surface area contributed by atoms with E-state index in [0.717, 1.165) is 5.56 Å². The molecule has 3 N–H and O–H groups in total. The van der Waals surface area contributed by atoms with E-state index in [2.05, 4.69) is 10.5 Å². The fraction of sp³-hybridized carbons (Fsp3) is 0.125. The number of benzene rings is 2. The Kier molecular flexibility index (Phi) is 5.50. The zero-order valence-corrected chi connectivity index (χ0v) is 11.8. The maximum Gasteiger partial charge on any atom is 0.275 e. The summed E-state index contributed by atoms with van der Waals surface area (Å²) in [5.74, 6) is 0.0577. The second-order valence-electron chi connectivity index (χ2n) is 4.36. The van der Waals surface area contributed by atoms with Crippen LogP contribution in [-0.2, 0) is 0 Å². The molecule has 0 fully saturated rings. The van der Waals surface area contributed by atoms with E-state index in [-0.39, 0.29) is 24.5 Å². The first-order valence-corrected chi connectivity index (χ1v) is 6.66. The number of carbonyl (C=O) groups is 1. The molecular formula is C16H16N2O4. The number of phenols is 1. The lowest BCUT2D eigenvalue weighted by Crippen LogP contribution is -2.17. The molecule has 0 saturated heterocycles. The van der Waals surface area contributed by atoms with Crippen molar-refractivity contribution in [3.05, 3.63) is 59.7 Å². The van der Waals surface area contributed by atoms with Crippen molar-refractivity contribution in [2.45, 2.75) is 0 Å². The third-order valence-corrected chi connectivity index (χ3v) is 2.77. The molecule has 0 atom stereocenters. The predicted octanol–water partition coefficient (Wildman–Crippen LogP) is 1.53. The Morgan fingerprint density at radius 3 is 2.59 bits per heavy atom. The van der Waals surface area contributed by atoms with Crippen molar-refractivity contribution >= 4 is 12.1 Å². The number of para-hydroxylation sites is 1. The summed E-state index contributed by atoms with van der Waals surface area (Å²) in [4.78, 5) is 11.8. The topological polar surface area (TPSA) is 91.2 Å². The third-order valence-electron chi connectivity index (χ3n) is 2.77. The molecule has 6 heteroatoms. The Morgan fingerprint density at radius 2 is 1.91 bits per heavy atom. The standard InChI is InChI=1S/C16H16N2O4/c19-9-10-22-13-7-5-12(6-8-13)11-17-18-16(21)14-3-1-2-4-15(14)20/h1-8,11,19-20H,9-10H2,(H,18,21)/b17-11+. The minimum atomic E-state index is -0.489. The molecule has 0 unspecified atom stereocenters. The van der Waals surface area contributed by atoms with Crippen LogP contribution in [-0.4, -0.2) is 35.5 Å². The summed E-state index contributed by atoms with van der Waals surface area (Å²) in [6, 6.07) is 13.2. The van der Waals surface area contributed by atoms with Crippen molar-refractivity contribution in [2.75, 3.05) is 13.2 Å². The Morgan fingerprint density at radius 1 is 1.18 bits per heavy atom. The summed E-state index contributed by atoms with van der Waals surface area (Å²) in [6.45, 7) is 0.200. The number of hydrogen-bond donors (Lipinski definition) is 3. The summed E-state index contributed by atoms with van der Waals surface area (Å²) in [7, 11) is 0. The van der Waals surface area contributed by atoms with Gasteiger partial charge in [-0.1, -0.05) is 12.1 Å². The number of amides is 1. The number of aromatic hydroxyl groups is 1. The average molecular weight is 300 g/mol. The molecule has 0 aromatic heterocycles. The number of hydrogen-bond acceptors (Lipinski definition) is 5. The number of nitrogens with one attached hydrogen (secondary N) is 1. The quantitative estimate of drug-likeness (QED) is 0.557. The predicted molar refractivity (Wildman–Crippen MR) is 82.2 cm³/mol. The number of hydrazone groups is 1. The Balaban J connectivity index is 1.92. The third kappa shape index (κ3) is 4.32. The number of aliphatic hydroxyl groups is 1. The number of phenolic OH excluding ortho intramolecular Hbond substituents is 1. The molecule has 114 valence electrons. The van der Waals surface area contributed by atoms with E-state index in [0.29, 0.717) is 5.75 Å². The molecule has 6 nitrogen and oxygen atoms in total. The van der Waals surface area contributed by atoms with Gasteiger partial charge in [0.05, 0.1) is 18.4 Å². The first-order valence-electron chi connectivity index (χ1n) is 6.66. The highest BCUT2D eigenvalue weighted by molar-refractivity contribution is 5.97. The van der Waals surface area contributed by atoms with Crippen molar-refractivity contribution in [3.63, 3.8) is 0 Å². The zero-order valence-electron chi connectivity index (χ0n) is 11.8. The molecule has 2 aromatic carbocycles. The number of carbonyl (C=O) groups excluding carboxylic acids is 1. The average Bonchev–Trinajstić information content (AvgIpc) is 2.54. The highest BCUT2D eigenvalue weighted by atomic mass is 16.5. The van der Waals surface area contributed by atoms with Crippen LogP contribution in [0, 0.1) is 0 Å². The van der Waals surface area contributed by atoms with Crippen LogP contribution >= 0.6 is 0 Å². The van der Waals surface area contributed by atoms with E-state index < -0.39 is 5.91 Å². The van der Waals surface area contributed by atoms with E-state index in [9.17, 15) is 9.90 Å². The number of rotatable bonds is 6. The fourth-order valence-corrected chi connectivity index (χ4v) is 1.70. The van der Waals surface area contributed by atoms with Crippen LogP contribution in [0.1, 0.15) is 15.9 Å². The maximum absolute atomic E-state index is 11.8. The van der Waals surface area contributed by atoms with Gasteiger partial charge in [-0.3, -0.25) is 4.79 Å². The molecule has 0 aliphatic heterocycles. The van der Waals surface area contributed by atoms with Crippen molar-refractivity contribution in [3.8, 4) is 11.5 Å².